The average Bonchev–Trinajstić information content (AvgIpc) is 2.52. The summed E-state index contributed by atoms with van der Waals surface area (Å²) in [6, 6.07) is 0.178. The molecule has 0 aromatic heterocycles. The van der Waals surface area contributed by atoms with Crippen LogP contribution in [0.3, 0.4) is 0 Å². The highest BCUT2D eigenvalue weighted by molar-refractivity contribution is 4.99. The van der Waals surface area contributed by atoms with Crippen molar-refractivity contribution in [1.29, 1.82) is 0 Å². The Labute approximate surface area is 72.2 Å². The van der Waals surface area contributed by atoms with E-state index in [4.69, 9.17) is 0 Å². The molecule has 0 aliphatic carbocycles. The van der Waals surface area contributed by atoms with Gasteiger partial charge in [0.2, 0.25) is 0 Å². The SMILES string of the molecule is CNC1C(O)CC2C(O)CCN21. The van der Waals surface area contributed by atoms with Crippen LogP contribution in [-0.4, -0.2) is 53.1 Å². The Morgan fingerprint density at radius 1 is 1.33 bits per heavy atom. The summed E-state index contributed by atoms with van der Waals surface area (Å²) >= 11 is 0. The molecule has 4 nitrogen and oxygen atoms in total. The highest BCUT2D eigenvalue weighted by atomic mass is 16.3. The number of hydrogen-bond donors (Lipinski definition) is 3. The first-order valence-electron chi connectivity index (χ1n) is 4.53. The van der Waals surface area contributed by atoms with Crippen LogP contribution in [0.1, 0.15) is 12.8 Å². The summed E-state index contributed by atoms with van der Waals surface area (Å²) in [4.78, 5) is 2.16. The molecule has 4 heteroatoms. The quantitative estimate of drug-likeness (QED) is 0.462. The Morgan fingerprint density at radius 2 is 2.08 bits per heavy atom. The molecule has 4 unspecified atom stereocenters. The maximum absolute atomic E-state index is 9.60. The minimum atomic E-state index is -0.324. The van der Waals surface area contributed by atoms with Crippen molar-refractivity contribution >= 4 is 0 Å². The van der Waals surface area contributed by atoms with Crippen LogP contribution in [0.25, 0.3) is 0 Å². The maximum atomic E-state index is 9.60. The predicted octanol–water partition coefficient (Wildman–Crippen LogP) is -1.27. The lowest BCUT2D eigenvalue weighted by Gasteiger charge is -2.24. The Bertz CT molecular complexity index is 174. The van der Waals surface area contributed by atoms with Crippen molar-refractivity contribution in [2.45, 2.75) is 37.3 Å². The van der Waals surface area contributed by atoms with E-state index in [2.05, 4.69) is 10.2 Å². The summed E-state index contributed by atoms with van der Waals surface area (Å²) in [5.74, 6) is 0. The lowest BCUT2D eigenvalue weighted by Crippen LogP contribution is -2.45. The van der Waals surface area contributed by atoms with Crippen LogP contribution in [0, 0.1) is 0 Å². The molecule has 2 rings (SSSR count). The van der Waals surface area contributed by atoms with Crippen molar-refractivity contribution < 1.29 is 10.2 Å². The van der Waals surface area contributed by atoms with Gasteiger partial charge >= 0.3 is 0 Å². The fraction of sp³-hybridized carbons (Fsp3) is 1.00. The molecule has 0 amide bonds. The second kappa shape index (κ2) is 2.96. The fourth-order valence-electron chi connectivity index (χ4n) is 2.45. The molecule has 0 aromatic rings. The number of likely N-dealkylation sites (N-methyl/N-ethyl adjacent to an activating group) is 1. The molecule has 70 valence electrons. The van der Waals surface area contributed by atoms with E-state index in [-0.39, 0.29) is 24.4 Å². The minimum absolute atomic E-state index is 0.0483. The molecule has 2 saturated heterocycles. The number of nitrogens with one attached hydrogen (secondary N) is 1. The Hall–Kier alpha value is -0.160. The first kappa shape index (κ1) is 8.44. The molecule has 0 saturated carbocycles. The van der Waals surface area contributed by atoms with Crippen LogP contribution in [0.2, 0.25) is 0 Å². The van der Waals surface area contributed by atoms with Gasteiger partial charge in [0.25, 0.3) is 0 Å². The van der Waals surface area contributed by atoms with Gasteiger partial charge in [-0.1, -0.05) is 0 Å². The molecule has 0 radical (unpaired) electrons. The Morgan fingerprint density at radius 3 is 2.75 bits per heavy atom. The molecule has 3 N–H and O–H groups in total. The number of fused-ring (bicyclic) bond motifs is 1. The van der Waals surface area contributed by atoms with Crippen LogP contribution >= 0.6 is 0 Å². The molecule has 2 fully saturated rings. The maximum Gasteiger partial charge on any atom is 0.0866 e. The predicted molar refractivity (Wildman–Crippen MR) is 44.6 cm³/mol. The van der Waals surface area contributed by atoms with E-state index < -0.39 is 0 Å². The minimum Gasteiger partial charge on any atom is -0.391 e. The summed E-state index contributed by atoms with van der Waals surface area (Å²) in [7, 11) is 1.85. The molecule has 12 heavy (non-hydrogen) atoms. The highest BCUT2D eigenvalue weighted by Crippen LogP contribution is 2.31. The van der Waals surface area contributed by atoms with Crippen molar-refractivity contribution in [2.24, 2.45) is 0 Å². The van der Waals surface area contributed by atoms with Crippen molar-refractivity contribution in [3.8, 4) is 0 Å². The number of nitrogens with zero attached hydrogens (tertiary/aromatic N) is 1. The molecule has 0 aromatic carbocycles. The van der Waals surface area contributed by atoms with Crippen LogP contribution < -0.4 is 5.32 Å². The van der Waals surface area contributed by atoms with E-state index in [0.717, 1.165) is 13.0 Å². The molecule has 2 aliphatic rings. The standard InChI is InChI=1S/C8H16N2O2/c1-9-8-7(12)4-5-6(11)2-3-10(5)8/h5-9,11-12H,2-4H2,1H3. The summed E-state index contributed by atoms with van der Waals surface area (Å²) < 4.78 is 0. The lowest BCUT2D eigenvalue weighted by atomic mass is 10.1. The van der Waals surface area contributed by atoms with Crippen molar-refractivity contribution in [3.05, 3.63) is 0 Å². The van der Waals surface area contributed by atoms with E-state index >= 15 is 0 Å². The average molecular weight is 172 g/mol. The number of hydrogen-bond acceptors (Lipinski definition) is 4. The van der Waals surface area contributed by atoms with Crippen molar-refractivity contribution in [1.82, 2.24) is 10.2 Å². The van der Waals surface area contributed by atoms with Crippen LogP contribution in [-0.2, 0) is 0 Å². The molecule has 2 aliphatic heterocycles. The van der Waals surface area contributed by atoms with Crippen molar-refractivity contribution in [3.63, 3.8) is 0 Å². The van der Waals surface area contributed by atoms with E-state index in [9.17, 15) is 10.2 Å². The Kier molecular flexibility index (Phi) is 2.08. The third-order valence-corrected chi connectivity index (χ3v) is 3.05. The van der Waals surface area contributed by atoms with E-state index in [1.807, 2.05) is 7.05 Å². The third kappa shape index (κ3) is 1.07. The largest absolute Gasteiger partial charge is 0.391 e. The summed E-state index contributed by atoms with van der Waals surface area (Å²) in [5.41, 5.74) is 0. The van der Waals surface area contributed by atoms with Gasteiger partial charge in [-0.2, -0.15) is 0 Å². The van der Waals surface area contributed by atoms with Gasteiger partial charge in [0, 0.05) is 12.6 Å². The van der Waals surface area contributed by atoms with Crippen LogP contribution in [0.15, 0.2) is 0 Å². The molecule has 0 bridgehead atoms. The zero-order chi connectivity index (χ0) is 8.72. The van der Waals surface area contributed by atoms with Gasteiger partial charge in [0.05, 0.1) is 18.4 Å². The van der Waals surface area contributed by atoms with Gasteiger partial charge in [0.15, 0.2) is 0 Å². The monoisotopic (exact) mass is 172 g/mol. The normalized spacial score (nSPS) is 48.2. The summed E-state index contributed by atoms with van der Waals surface area (Å²) in [6.45, 7) is 0.897. The van der Waals surface area contributed by atoms with Gasteiger partial charge in [-0.05, 0) is 19.9 Å². The van der Waals surface area contributed by atoms with Gasteiger partial charge in [-0.15, -0.1) is 0 Å². The molecule has 2 heterocycles. The van der Waals surface area contributed by atoms with Crippen LogP contribution in [0.5, 0.6) is 0 Å². The highest BCUT2D eigenvalue weighted by Gasteiger charge is 2.46. The molecule has 0 spiro atoms. The van der Waals surface area contributed by atoms with Gasteiger partial charge < -0.3 is 15.5 Å². The number of aliphatic hydroxyl groups is 2. The number of rotatable bonds is 1. The first-order chi connectivity index (χ1) is 5.74. The zero-order valence-electron chi connectivity index (χ0n) is 7.27. The topological polar surface area (TPSA) is 55.7 Å². The summed E-state index contributed by atoms with van der Waals surface area (Å²) in [6.07, 6.45) is 1.03. The second-order valence-corrected chi connectivity index (χ2v) is 3.70. The van der Waals surface area contributed by atoms with E-state index in [1.54, 1.807) is 0 Å². The van der Waals surface area contributed by atoms with E-state index in [1.165, 1.54) is 0 Å². The third-order valence-electron chi connectivity index (χ3n) is 3.05. The fourth-order valence-corrected chi connectivity index (χ4v) is 2.45. The summed E-state index contributed by atoms with van der Waals surface area (Å²) in [5, 5.41) is 22.2. The molecular formula is C8H16N2O2. The van der Waals surface area contributed by atoms with E-state index in [0.29, 0.717) is 6.42 Å². The van der Waals surface area contributed by atoms with Gasteiger partial charge in [-0.3, -0.25) is 4.90 Å². The van der Waals surface area contributed by atoms with Gasteiger partial charge in [0.1, 0.15) is 0 Å². The molecule has 4 atom stereocenters. The lowest BCUT2D eigenvalue weighted by molar-refractivity contribution is 0.0993. The number of aliphatic hydroxyl groups excluding tert-OH is 2. The Balaban J connectivity index is 2.10. The smallest absolute Gasteiger partial charge is 0.0866 e. The second-order valence-electron chi connectivity index (χ2n) is 3.70. The van der Waals surface area contributed by atoms with Gasteiger partial charge in [-0.25, -0.2) is 0 Å². The zero-order valence-corrected chi connectivity index (χ0v) is 7.27. The van der Waals surface area contributed by atoms with Crippen LogP contribution in [0.4, 0.5) is 0 Å². The first-order valence-corrected chi connectivity index (χ1v) is 4.53. The molecular weight excluding hydrogens is 156 g/mol. The van der Waals surface area contributed by atoms with Crippen molar-refractivity contribution in [2.75, 3.05) is 13.6 Å².